The number of fused-ring (bicyclic) bond motifs is 1. The molecule has 1 saturated carbocycles. The first-order chi connectivity index (χ1) is 15.1. The van der Waals surface area contributed by atoms with E-state index in [4.69, 9.17) is 9.72 Å². The van der Waals surface area contributed by atoms with Gasteiger partial charge >= 0.3 is 0 Å². The second-order valence-electron chi connectivity index (χ2n) is 7.55. The molecule has 0 bridgehead atoms. The second-order valence-corrected chi connectivity index (χ2v) is 8.46. The summed E-state index contributed by atoms with van der Waals surface area (Å²) in [5.74, 6) is 1.27. The van der Waals surface area contributed by atoms with Crippen LogP contribution in [0.3, 0.4) is 0 Å². The number of amides is 1. The van der Waals surface area contributed by atoms with Crippen LogP contribution in [0, 0.1) is 0 Å². The van der Waals surface area contributed by atoms with Crippen LogP contribution in [0.15, 0.2) is 36.5 Å². The SMILES string of the molecule is C=CC(=O)N[C@H]1CC[C@@H](Nc2nc(Nc3cnn(CCOC)c3)nc3ccsc23)CC1. The fourth-order valence-electron chi connectivity index (χ4n) is 3.72. The quantitative estimate of drug-likeness (QED) is 0.438. The average Bonchev–Trinajstić information content (AvgIpc) is 3.43. The number of nitrogens with one attached hydrogen (secondary N) is 3. The third-order valence-electron chi connectivity index (χ3n) is 5.32. The van der Waals surface area contributed by atoms with Crippen molar-refractivity contribution in [3.8, 4) is 0 Å². The lowest BCUT2D eigenvalue weighted by Crippen LogP contribution is -2.39. The molecule has 4 rings (SSSR count). The van der Waals surface area contributed by atoms with Crippen molar-refractivity contribution in [1.29, 1.82) is 0 Å². The first-order valence-corrected chi connectivity index (χ1v) is 11.3. The summed E-state index contributed by atoms with van der Waals surface area (Å²) in [4.78, 5) is 20.9. The van der Waals surface area contributed by atoms with Gasteiger partial charge in [0.15, 0.2) is 0 Å². The molecule has 3 aromatic heterocycles. The Hall–Kier alpha value is -2.98. The Labute approximate surface area is 184 Å². The van der Waals surface area contributed by atoms with E-state index in [-0.39, 0.29) is 11.9 Å². The summed E-state index contributed by atoms with van der Waals surface area (Å²) in [6.45, 7) is 4.81. The summed E-state index contributed by atoms with van der Waals surface area (Å²) in [5.41, 5.74) is 1.74. The summed E-state index contributed by atoms with van der Waals surface area (Å²) < 4.78 is 7.96. The topological polar surface area (TPSA) is 106 Å². The molecule has 9 nitrogen and oxygen atoms in total. The standard InChI is InChI=1S/C21H27N7O2S/c1-3-18(29)23-14-4-6-15(7-5-14)24-20-19-17(8-11-31-19)26-21(27-20)25-16-12-22-28(13-16)9-10-30-2/h3,8,11-15H,1,4-7,9-10H2,2H3,(H,23,29)(H2,24,25,26,27)/t14-,15+. The molecule has 3 heterocycles. The molecule has 0 saturated heterocycles. The van der Waals surface area contributed by atoms with Gasteiger partial charge in [0.05, 0.1) is 35.3 Å². The minimum absolute atomic E-state index is 0.103. The van der Waals surface area contributed by atoms with Crippen LogP contribution < -0.4 is 16.0 Å². The molecule has 1 aliphatic rings. The van der Waals surface area contributed by atoms with Crippen molar-refractivity contribution in [2.75, 3.05) is 24.4 Å². The highest BCUT2D eigenvalue weighted by Crippen LogP contribution is 2.30. The maximum atomic E-state index is 11.5. The number of rotatable bonds is 9. The predicted molar refractivity (Wildman–Crippen MR) is 123 cm³/mol. The van der Waals surface area contributed by atoms with Gasteiger partial charge in [0.25, 0.3) is 0 Å². The first kappa shape index (κ1) is 21.3. The molecule has 0 atom stereocenters. The number of carbonyl (C=O) groups excluding carboxylic acids is 1. The van der Waals surface area contributed by atoms with Gasteiger partial charge in [0, 0.05) is 25.4 Å². The molecule has 31 heavy (non-hydrogen) atoms. The Morgan fingerprint density at radius 1 is 1.32 bits per heavy atom. The number of methoxy groups -OCH3 is 1. The molecule has 0 aliphatic heterocycles. The molecule has 0 spiro atoms. The van der Waals surface area contributed by atoms with Crippen molar-refractivity contribution < 1.29 is 9.53 Å². The normalized spacial score (nSPS) is 18.6. The smallest absolute Gasteiger partial charge is 0.243 e. The van der Waals surface area contributed by atoms with Gasteiger partial charge in [-0.05, 0) is 43.2 Å². The highest BCUT2D eigenvalue weighted by Gasteiger charge is 2.23. The fourth-order valence-corrected chi connectivity index (χ4v) is 4.50. The Morgan fingerprint density at radius 2 is 2.13 bits per heavy atom. The predicted octanol–water partition coefficient (Wildman–Crippen LogP) is 3.30. The van der Waals surface area contributed by atoms with E-state index >= 15 is 0 Å². The minimum atomic E-state index is -0.103. The Kier molecular flexibility index (Phi) is 6.78. The zero-order valence-electron chi connectivity index (χ0n) is 17.5. The lowest BCUT2D eigenvalue weighted by molar-refractivity contribution is -0.117. The van der Waals surface area contributed by atoms with Crippen LogP contribution in [0.1, 0.15) is 25.7 Å². The van der Waals surface area contributed by atoms with E-state index in [1.807, 2.05) is 22.3 Å². The molecular formula is C21H27N7O2S. The number of nitrogens with zero attached hydrogens (tertiary/aromatic N) is 4. The van der Waals surface area contributed by atoms with Crippen LogP contribution in [0.4, 0.5) is 17.5 Å². The van der Waals surface area contributed by atoms with E-state index < -0.39 is 0 Å². The van der Waals surface area contributed by atoms with Crippen molar-refractivity contribution in [3.05, 3.63) is 36.5 Å². The molecule has 0 unspecified atom stereocenters. The fraction of sp³-hybridized carbons (Fsp3) is 0.429. The lowest BCUT2D eigenvalue weighted by Gasteiger charge is -2.29. The van der Waals surface area contributed by atoms with Gasteiger partial charge in [-0.25, -0.2) is 4.98 Å². The highest BCUT2D eigenvalue weighted by atomic mass is 32.1. The summed E-state index contributed by atoms with van der Waals surface area (Å²) in [5, 5.41) is 16.2. The number of thiophene rings is 1. The van der Waals surface area contributed by atoms with Gasteiger partial charge in [-0.1, -0.05) is 6.58 Å². The number of anilines is 3. The van der Waals surface area contributed by atoms with Crippen LogP contribution in [-0.4, -0.2) is 51.5 Å². The molecule has 1 amide bonds. The average molecular weight is 442 g/mol. The number of hydrogen-bond acceptors (Lipinski definition) is 8. The highest BCUT2D eigenvalue weighted by molar-refractivity contribution is 7.17. The van der Waals surface area contributed by atoms with Crippen molar-refractivity contribution in [1.82, 2.24) is 25.1 Å². The van der Waals surface area contributed by atoms with Gasteiger partial charge < -0.3 is 20.7 Å². The van der Waals surface area contributed by atoms with Crippen LogP contribution in [-0.2, 0) is 16.1 Å². The van der Waals surface area contributed by atoms with Gasteiger partial charge in [-0.15, -0.1) is 11.3 Å². The molecule has 3 N–H and O–H groups in total. The first-order valence-electron chi connectivity index (χ1n) is 10.4. The van der Waals surface area contributed by atoms with Crippen LogP contribution >= 0.6 is 11.3 Å². The molecule has 0 radical (unpaired) electrons. The second kappa shape index (κ2) is 9.88. The van der Waals surface area contributed by atoms with Crippen LogP contribution in [0.2, 0.25) is 0 Å². The third-order valence-corrected chi connectivity index (χ3v) is 6.23. The Bertz CT molecular complexity index is 1040. The Balaban J connectivity index is 1.43. The van der Waals surface area contributed by atoms with Gasteiger partial charge in [-0.3, -0.25) is 9.48 Å². The molecular weight excluding hydrogens is 414 g/mol. The van der Waals surface area contributed by atoms with E-state index in [0.29, 0.717) is 25.1 Å². The monoisotopic (exact) mass is 441 g/mol. The van der Waals surface area contributed by atoms with E-state index in [0.717, 1.165) is 47.4 Å². The van der Waals surface area contributed by atoms with Crippen molar-refractivity contribution in [2.45, 2.75) is 44.3 Å². The van der Waals surface area contributed by atoms with Gasteiger partial charge in [-0.2, -0.15) is 10.1 Å². The largest absolute Gasteiger partial charge is 0.383 e. The van der Waals surface area contributed by atoms with Gasteiger partial charge in [0.1, 0.15) is 5.82 Å². The molecule has 10 heteroatoms. The van der Waals surface area contributed by atoms with E-state index in [2.05, 4.69) is 32.6 Å². The number of aromatic nitrogens is 4. The third kappa shape index (κ3) is 5.39. The molecule has 1 fully saturated rings. The van der Waals surface area contributed by atoms with Crippen molar-refractivity contribution in [2.24, 2.45) is 0 Å². The molecule has 3 aromatic rings. The van der Waals surface area contributed by atoms with Crippen molar-refractivity contribution >= 4 is 44.9 Å². The molecule has 164 valence electrons. The van der Waals surface area contributed by atoms with E-state index in [9.17, 15) is 4.79 Å². The minimum Gasteiger partial charge on any atom is -0.383 e. The summed E-state index contributed by atoms with van der Waals surface area (Å²) in [6, 6.07) is 2.52. The maximum Gasteiger partial charge on any atom is 0.243 e. The van der Waals surface area contributed by atoms with Crippen molar-refractivity contribution in [3.63, 3.8) is 0 Å². The van der Waals surface area contributed by atoms with E-state index in [1.54, 1.807) is 24.6 Å². The number of ether oxygens (including phenoxy) is 1. The lowest BCUT2D eigenvalue weighted by atomic mass is 9.91. The summed E-state index contributed by atoms with van der Waals surface area (Å²) in [6.07, 6.45) is 8.79. The number of carbonyl (C=O) groups is 1. The molecule has 1 aliphatic carbocycles. The van der Waals surface area contributed by atoms with E-state index in [1.165, 1.54) is 6.08 Å². The zero-order chi connectivity index (χ0) is 21.6. The summed E-state index contributed by atoms with van der Waals surface area (Å²) in [7, 11) is 1.67. The van der Waals surface area contributed by atoms with Gasteiger partial charge in [0.2, 0.25) is 11.9 Å². The van der Waals surface area contributed by atoms with Crippen LogP contribution in [0.25, 0.3) is 10.2 Å². The number of hydrogen-bond donors (Lipinski definition) is 3. The summed E-state index contributed by atoms with van der Waals surface area (Å²) >= 11 is 1.63. The Morgan fingerprint density at radius 3 is 2.90 bits per heavy atom. The maximum absolute atomic E-state index is 11.5. The zero-order valence-corrected chi connectivity index (χ0v) is 18.3. The van der Waals surface area contributed by atoms with Crippen LogP contribution in [0.5, 0.6) is 0 Å². The molecule has 0 aromatic carbocycles.